The number of rotatable bonds is 5. The van der Waals surface area contributed by atoms with E-state index in [2.05, 4.69) is 37.4 Å². The van der Waals surface area contributed by atoms with Crippen molar-refractivity contribution < 1.29 is 0 Å². The molecule has 92 valence electrons. The number of aryl methyl sites for hydroxylation is 2. The highest BCUT2D eigenvalue weighted by Crippen LogP contribution is 2.60. The molecule has 1 aromatic carbocycles. The van der Waals surface area contributed by atoms with E-state index in [0.717, 1.165) is 17.9 Å². The van der Waals surface area contributed by atoms with Gasteiger partial charge in [0.1, 0.15) is 0 Å². The topological polar surface area (TPSA) is 12.0 Å². The van der Waals surface area contributed by atoms with Crippen LogP contribution in [-0.4, -0.2) is 6.54 Å². The van der Waals surface area contributed by atoms with Crippen LogP contribution in [0.3, 0.4) is 0 Å². The third kappa shape index (κ3) is 2.40. The largest absolute Gasteiger partial charge is 0.312 e. The Bertz CT molecular complexity index is 414. The van der Waals surface area contributed by atoms with Crippen LogP contribution in [0.25, 0.3) is 0 Å². The van der Waals surface area contributed by atoms with Gasteiger partial charge in [-0.1, -0.05) is 18.2 Å². The number of nitrogens with one attached hydrogen (secondary N) is 1. The molecular formula is C16H23N. The summed E-state index contributed by atoms with van der Waals surface area (Å²) in [5, 5.41) is 3.67. The van der Waals surface area contributed by atoms with Crippen LogP contribution in [0.15, 0.2) is 18.2 Å². The van der Waals surface area contributed by atoms with Crippen molar-refractivity contribution in [2.24, 2.45) is 11.3 Å². The minimum Gasteiger partial charge on any atom is -0.312 e. The Labute approximate surface area is 105 Å². The van der Waals surface area contributed by atoms with Gasteiger partial charge in [-0.25, -0.2) is 0 Å². The van der Waals surface area contributed by atoms with Crippen molar-refractivity contribution >= 4 is 0 Å². The Kier molecular flexibility index (Phi) is 2.74. The third-order valence-electron chi connectivity index (χ3n) is 4.71. The smallest absolute Gasteiger partial charge is 0.0205 e. The van der Waals surface area contributed by atoms with E-state index in [1.807, 2.05) is 0 Å². The first-order valence-corrected chi connectivity index (χ1v) is 6.96. The van der Waals surface area contributed by atoms with Crippen LogP contribution >= 0.6 is 0 Å². The molecule has 0 spiro atoms. The second-order valence-corrected chi connectivity index (χ2v) is 6.16. The van der Waals surface area contributed by atoms with Crippen LogP contribution in [0.4, 0.5) is 0 Å². The summed E-state index contributed by atoms with van der Waals surface area (Å²) < 4.78 is 0. The molecular weight excluding hydrogens is 206 g/mol. The zero-order valence-electron chi connectivity index (χ0n) is 11.1. The maximum Gasteiger partial charge on any atom is 0.0205 e. The summed E-state index contributed by atoms with van der Waals surface area (Å²) in [5.41, 5.74) is 4.96. The molecule has 2 fully saturated rings. The summed E-state index contributed by atoms with van der Waals surface area (Å²) in [4.78, 5) is 0. The van der Waals surface area contributed by atoms with Crippen molar-refractivity contribution in [3.8, 4) is 0 Å². The first-order chi connectivity index (χ1) is 8.20. The highest BCUT2D eigenvalue weighted by molar-refractivity contribution is 5.29. The van der Waals surface area contributed by atoms with Crippen molar-refractivity contribution in [1.82, 2.24) is 5.32 Å². The summed E-state index contributed by atoms with van der Waals surface area (Å²) >= 11 is 0. The highest BCUT2D eigenvalue weighted by Gasteiger charge is 2.53. The maximum atomic E-state index is 3.67. The summed E-state index contributed by atoms with van der Waals surface area (Å²) in [5.74, 6) is 1.06. The number of benzene rings is 1. The Hall–Kier alpha value is -0.820. The Morgan fingerprint density at radius 1 is 1.18 bits per heavy atom. The lowest BCUT2D eigenvalue weighted by molar-refractivity contribution is 0.403. The van der Waals surface area contributed by atoms with Crippen LogP contribution in [-0.2, 0) is 6.54 Å². The van der Waals surface area contributed by atoms with E-state index in [1.165, 1.54) is 48.9 Å². The highest BCUT2D eigenvalue weighted by atomic mass is 14.9. The quantitative estimate of drug-likeness (QED) is 0.813. The minimum atomic E-state index is 0.722. The average molecular weight is 229 g/mol. The van der Waals surface area contributed by atoms with Gasteiger partial charge >= 0.3 is 0 Å². The van der Waals surface area contributed by atoms with E-state index in [0.29, 0.717) is 0 Å². The van der Waals surface area contributed by atoms with Gasteiger partial charge in [-0.3, -0.25) is 0 Å². The van der Waals surface area contributed by atoms with Crippen LogP contribution in [0.1, 0.15) is 42.4 Å². The molecule has 0 radical (unpaired) electrons. The first-order valence-electron chi connectivity index (χ1n) is 6.96. The lowest BCUT2D eigenvalue weighted by Crippen LogP contribution is -2.25. The summed E-state index contributed by atoms with van der Waals surface area (Å²) in [6, 6.07) is 6.81. The van der Waals surface area contributed by atoms with Gasteiger partial charge in [-0.05, 0) is 67.6 Å². The Balaban J connectivity index is 1.52. The first kappa shape index (κ1) is 11.3. The molecule has 17 heavy (non-hydrogen) atoms. The predicted octanol–water partition coefficient (Wildman–Crippen LogP) is 3.58. The summed E-state index contributed by atoms with van der Waals surface area (Å²) in [6.07, 6.45) is 5.92. The standard InChI is InChI=1S/C16H23N/c1-12-3-4-14(9-13(12)2)10-17-11-16(7-8-16)15-5-6-15/h3-4,9,15,17H,5-8,10-11H2,1-2H3. The molecule has 0 heterocycles. The number of hydrogen-bond acceptors (Lipinski definition) is 1. The molecule has 0 saturated heterocycles. The van der Waals surface area contributed by atoms with E-state index in [-0.39, 0.29) is 0 Å². The molecule has 0 unspecified atom stereocenters. The average Bonchev–Trinajstić information content (AvgIpc) is 3.14. The SMILES string of the molecule is Cc1ccc(CNCC2(C3CC3)CC2)cc1C. The fourth-order valence-electron chi connectivity index (χ4n) is 2.95. The molecule has 0 aliphatic heterocycles. The molecule has 0 bridgehead atoms. The van der Waals surface area contributed by atoms with Gasteiger partial charge in [0.2, 0.25) is 0 Å². The van der Waals surface area contributed by atoms with E-state index < -0.39 is 0 Å². The van der Waals surface area contributed by atoms with Crippen LogP contribution in [0, 0.1) is 25.2 Å². The van der Waals surface area contributed by atoms with E-state index >= 15 is 0 Å². The molecule has 2 aliphatic carbocycles. The van der Waals surface area contributed by atoms with Crippen LogP contribution in [0.2, 0.25) is 0 Å². The molecule has 1 N–H and O–H groups in total. The van der Waals surface area contributed by atoms with E-state index in [4.69, 9.17) is 0 Å². The van der Waals surface area contributed by atoms with Gasteiger partial charge in [0.15, 0.2) is 0 Å². The van der Waals surface area contributed by atoms with Gasteiger partial charge in [0, 0.05) is 13.1 Å². The zero-order chi connectivity index (χ0) is 11.9. The van der Waals surface area contributed by atoms with Crippen LogP contribution in [0.5, 0.6) is 0 Å². The number of hydrogen-bond donors (Lipinski definition) is 1. The van der Waals surface area contributed by atoms with Gasteiger partial charge in [-0.15, -0.1) is 0 Å². The van der Waals surface area contributed by atoms with Gasteiger partial charge < -0.3 is 5.32 Å². The van der Waals surface area contributed by atoms with E-state index in [9.17, 15) is 0 Å². The maximum absolute atomic E-state index is 3.67. The molecule has 1 nitrogen and oxygen atoms in total. The second-order valence-electron chi connectivity index (χ2n) is 6.16. The lowest BCUT2D eigenvalue weighted by atomic mass is 10.0. The lowest BCUT2D eigenvalue weighted by Gasteiger charge is -2.15. The molecule has 3 rings (SSSR count). The monoisotopic (exact) mass is 229 g/mol. The minimum absolute atomic E-state index is 0.722. The molecule has 0 aromatic heterocycles. The van der Waals surface area contributed by atoms with Gasteiger partial charge in [-0.2, -0.15) is 0 Å². The zero-order valence-corrected chi connectivity index (χ0v) is 11.1. The fourth-order valence-corrected chi connectivity index (χ4v) is 2.95. The normalized spacial score (nSPS) is 21.5. The summed E-state index contributed by atoms with van der Waals surface area (Å²) in [7, 11) is 0. The van der Waals surface area contributed by atoms with Gasteiger partial charge in [0.25, 0.3) is 0 Å². The van der Waals surface area contributed by atoms with Crippen molar-refractivity contribution in [2.45, 2.75) is 46.1 Å². The fraction of sp³-hybridized carbons (Fsp3) is 0.625. The van der Waals surface area contributed by atoms with E-state index in [1.54, 1.807) is 0 Å². The molecule has 2 saturated carbocycles. The van der Waals surface area contributed by atoms with Crippen molar-refractivity contribution in [1.29, 1.82) is 0 Å². The van der Waals surface area contributed by atoms with Crippen LogP contribution < -0.4 is 5.32 Å². The Morgan fingerprint density at radius 3 is 2.53 bits per heavy atom. The van der Waals surface area contributed by atoms with Crippen molar-refractivity contribution in [2.75, 3.05) is 6.54 Å². The molecule has 0 amide bonds. The molecule has 1 aromatic rings. The van der Waals surface area contributed by atoms with Crippen molar-refractivity contribution in [3.05, 3.63) is 34.9 Å². The van der Waals surface area contributed by atoms with Crippen molar-refractivity contribution in [3.63, 3.8) is 0 Å². The molecule has 2 aliphatic rings. The predicted molar refractivity (Wildman–Crippen MR) is 72.0 cm³/mol. The Morgan fingerprint density at radius 2 is 1.94 bits per heavy atom. The second kappa shape index (κ2) is 4.13. The molecule has 1 heteroatoms. The summed E-state index contributed by atoms with van der Waals surface area (Å²) in [6.45, 7) is 6.66. The molecule has 0 atom stereocenters. The van der Waals surface area contributed by atoms with Gasteiger partial charge in [0.05, 0.1) is 0 Å². The third-order valence-corrected chi connectivity index (χ3v) is 4.71.